The van der Waals surface area contributed by atoms with E-state index in [0.29, 0.717) is 12.6 Å². The fraction of sp³-hybridized carbons (Fsp3) is 0.571. The standard InChI is InChI=1S/C14H23NO2/c1-3-15-12(2)13-8-4-5-9-14(13)17-11-7-6-10-16/h4-5,8-9,12,15-16H,3,6-7,10-11H2,1-2H3. The van der Waals surface area contributed by atoms with E-state index in [9.17, 15) is 0 Å². The van der Waals surface area contributed by atoms with Gasteiger partial charge in [-0.2, -0.15) is 0 Å². The Morgan fingerprint density at radius 2 is 2.06 bits per heavy atom. The minimum atomic E-state index is 0.235. The minimum Gasteiger partial charge on any atom is -0.493 e. The molecule has 0 aliphatic heterocycles. The first-order chi connectivity index (χ1) is 8.29. The molecule has 0 radical (unpaired) electrons. The first-order valence-corrected chi connectivity index (χ1v) is 6.35. The third kappa shape index (κ3) is 4.75. The number of hydrogen-bond donors (Lipinski definition) is 2. The molecule has 17 heavy (non-hydrogen) atoms. The molecule has 0 aliphatic carbocycles. The SMILES string of the molecule is CCNC(C)c1ccccc1OCCCCO. The number of rotatable bonds is 8. The van der Waals surface area contributed by atoms with Crippen molar-refractivity contribution < 1.29 is 9.84 Å². The van der Waals surface area contributed by atoms with Gasteiger partial charge in [0, 0.05) is 18.2 Å². The lowest BCUT2D eigenvalue weighted by Gasteiger charge is -2.17. The number of unbranched alkanes of at least 4 members (excludes halogenated alkanes) is 1. The van der Waals surface area contributed by atoms with E-state index in [1.54, 1.807) is 0 Å². The van der Waals surface area contributed by atoms with Crippen molar-refractivity contribution in [1.29, 1.82) is 0 Å². The summed E-state index contributed by atoms with van der Waals surface area (Å²) < 4.78 is 5.76. The average Bonchev–Trinajstić information content (AvgIpc) is 2.35. The van der Waals surface area contributed by atoms with Gasteiger partial charge < -0.3 is 15.2 Å². The zero-order valence-corrected chi connectivity index (χ0v) is 10.8. The van der Waals surface area contributed by atoms with E-state index in [-0.39, 0.29) is 6.61 Å². The molecular formula is C14H23NO2. The number of hydrogen-bond acceptors (Lipinski definition) is 3. The average molecular weight is 237 g/mol. The van der Waals surface area contributed by atoms with Crippen LogP contribution in [0.3, 0.4) is 0 Å². The van der Waals surface area contributed by atoms with Crippen LogP contribution < -0.4 is 10.1 Å². The van der Waals surface area contributed by atoms with Gasteiger partial charge in [0.05, 0.1) is 6.61 Å². The number of aliphatic hydroxyl groups excluding tert-OH is 1. The Kier molecular flexibility index (Phi) is 6.67. The predicted molar refractivity (Wildman–Crippen MR) is 70.3 cm³/mol. The van der Waals surface area contributed by atoms with Crippen LogP contribution in [0.5, 0.6) is 5.75 Å². The van der Waals surface area contributed by atoms with Gasteiger partial charge >= 0.3 is 0 Å². The smallest absolute Gasteiger partial charge is 0.124 e. The lowest BCUT2D eigenvalue weighted by Crippen LogP contribution is -2.18. The lowest BCUT2D eigenvalue weighted by molar-refractivity contribution is 0.251. The Bertz CT molecular complexity index is 315. The molecule has 1 rings (SSSR count). The Morgan fingerprint density at radius 1 is 1.29 bits per heavy atom. The molecule has 3 heteroatoms. The van der Waals surface area contributed by atoms with Gasteiger partial charge in [-0.15, -0.1) is 0 Å². The van der Waals surface area contributed by atoms with E-state index >= 15 is 0 Å². The van der Waals surface area contributed by atoms with Crippen LogP contribution in [0.25, 0.3) is 0 Å². The highest BCUT2D eigenvalue weighted by atomic mass is 16.5. The molecule has 3 nitrogen and oxygen atoms in total. The molecule has 0 fully saturated rings. The summed E-state index contributed by atoms with van der Waals surface area (Å²) in [6.45, 7) is 6.08. The van der Waals surface area contributed by atoms with Crippen LogP contribution >= 0.6 is 0 Å². The molecule has 0 aromatic heterocycles. The second-order valence-corrected chi connectivity index (χ2v) is 4.10. The van der Waals surface area contributed by atoms with Gasteiger partial charge in [0.1, 0.15) is 5.75 Å². The van der Waals surface area contributed by atoms with Crippen molar-refractivity contribution in [1.82, 2.24) is 5.32 Å². The summed E-state index contributed by atoms with van der Waals surface area (Å²) in [4.78, 5) is 0. The number of aliphatic hydroxyl groups is 1. The Morgan fingerprint density at radius 3 is 2.76 bits per heavy atom. The van der Waals surface area contributed by atoms with E-state index in [1.165, 1.54) is 5.56 Å². The minimum absolute atomic E-state index is 0.235. The molecule has 1 aromatic rings. The maximum atomic E-state index is 8.71. The first-order valence-electron chi connectivity index (χ1n) is 6.35. The molecule has 0 saturated carbocycles. The van der Waals surface area contributed by atoms with Crippen molar-refractivity contribution in [3.05, 3.63) is 29.8 Å². The van der Waals surface area contributed by atoms with Crippen LogP contribution in [0.4, 0.5) is 0 Å². The zero-order chi connectivity index (χ0) is 12.5. The topological polar surface area (TPSA) is 41.5 Å². The van der Waals surface area contributed by atoms with Crippen molar-refractivity contribution in [2.75, 3.05) is 19.8 Å². The molecule has 0 amide bonds. The third-order valence-electron chi connectivity index (χ3n) is 2.71. The summed E-state index contributed by atoms with van der Waals surface area (Å²) in [5.41, 5.74) is 1.19. The van der Waals surface area contributed by atoms with Crippen LogP contribution in [-0.4, -0.2) is 24.9 Å². The van der Waals surface area contributed by atoms with Crippen LogP contribution in [0.1, 0.15) is 38.3 Å². The van der Waals surface area contributed by atoms with Crippen molar-refractivity contribution in [3.8, 4) is 5.75 Å². The lowest BCUT2D eigenvalue weighted by atomic mass is 10.1. The molecule has 0 heterocycles. The number of nitrogens with one attached hydrogen (secondary N) is 1. The van der Waals surface area contributed by atoms with Gasteiger partial charge in [-0.3, -0.25) is 0 Å². The quantitative estimate of drug-likeness (QED) is 0.683. The summed E-state index contributed by atoms with van der Waals surface area (Å²) in [5, 5.41) is 12.1. The monoisotopic (exact) mass is 237 g/mol. The zero-order valence-electron chi connectivity index (χ0n) is 10.8. The van der Waals surface area contributed by atoms with Gasteiger partial charge in [0.25, 0.3) is 0 Å². The first kappa shape index (κ1) is 14.0. The van der Waals surface area contributed by atoms with Crippen molar-refractivity contribution in [2.45, 2.75) is 32.7 Å². The van der Waals surface area contributed by atoms with Crippen LogP contribution in [0.2, 0.25) is 0 Å². The second-order valence-electron chi connectivity index (χ2n) is 4.10. The van der Waals surface area contributed by atoms with E-state index < -0.39 is 0 Å². The van der Waals surface area contributed by atoms with Crippen molar-refractivity contribution in [3.63, 3.8) is 0 Å². The molecule has 2 N–H and O–H groups in total. The van der Waals surface area contributed by atoms with Gasteiger partial charge in [0.2, 0.25) is 0 Å². The van der Waals surface area contributed by atoms with E-state index in [4.69, 9.17) is 9.84 Å². The molecule has 0 aliphatic rings. The normalized spacial score (nSPS) is 12.4. The van der Waals surface area contributed by atoms with Gasteiger partial charge in [-0.25, -0.2) is 0 Å². The third-order valence-corrected chi connectivity index (χ3v) is 2.71. The van der Waals surface area contributed by atoms with E-state index in [1.807, 2.05) is 18.2 Å². The molecule has 1 aromatic carbocycles. The molecule has 1 atom stereocenters. The fourth-order valence-electron chi connectivity index (χ4n) is 1.78. The number of para-hydroxylation sites is 1. The maximum Gasteiger partial charge on any atom is 0.124 e. The van der Waals surface area contributed by atoms with Crippen molar-refractivity contribution in [2.24, 2.45) is 0 Å². The maximum absolute atomic E-state index is 8.71. The fourth-order valence-corrected chi connectivity index (χ4v) is 1.78. The summed E-state index contributed by atoms with van der Waals surface area (Å²) in [6, 6.07) is 8.42. The van der Waals surface area contributed by atoms with Gasteiger partial charge in [-0.05, 0) is 32.4 Å². The highest BCUT2D eigenvalue weighted by Crippen LogP contribution is 2.24. The predicted octanol–water partition coefficient (Wildman–Crippen LogP) is 2.51. The summed E-state index contributed by atoms with van der Waals surface area (Å²) in [5.74, 6) is 0.943. The summed E-state index contributed by atoms with van der Waals surface area (Å²) in [6.07, 6.45) is 1.69. The van der Waals surface area contributed by atoms with Crippen LogP contribution in [0, 0.1) is 0 Å². The number of ether oxygens (including phenoxy) is 1. The van der Waals surface area contributed by atoms with Gasteiger partial charge in [0.15, 0.2) is 0 Å². The van der Waals surface area contributed by atoms with E-state index in [0.717, 1.165) is 25.1 Å². The Balaban J connectivity index is 2.57. The Labute approximate surface area is 104 Å². The number of benzene rings is 1. The molecule has 96 valence electrons. The van der Waals surface area contributed by atoms with Gasteiger partial charge in [-0.1, -0.05) is 25.1 Å². The highest BCUT2D eigenvalue weighted by Gasteiger charge is 2.09. The van der Waals surface area contributed by atoms with Crippen LogP contribution in [0.15, 0.2) is 24.3 Å². The largest absolute Gasteiger partial charge is 0.493 e. The van der Waals surface area contributed by atoms with Crippen LogP contribution in [-0.2, 0) is 0 Å². The highest BCUT2D eigenvalue weighted by molar-refractivity contribution is 5.35. The summed E-state index contributed by atoms with van der Waals surface area (Å²) in [7, 11) is 0. The molecule has 1 unspecified atom stereocenters. The molecular weight excluding hydrogens is 214 g/mol. The Hall–Kier alpha value is -1.06. The van der Waals surface area contributed by atoms with E-state index in [2.05, 4.69) is 25.2 Å². The second kappa shape index (κ2) is 8.09. The molecule has 0 spiro atoms. The molecule has 0 bridgehead atoms. The van der Waals surface area contributed by atoms with Crippen molar-refractivity contribution >= 4 is 0 Å². The molecule has 0 saturated heterocycles. The summed E-state index contributed by atoms with van der Waals surface area (Å²) >= 11 is 0.